The molecule has 4 heterocycles. The van der Waals surface area contributed by atoms with Crippen molar-refractivity contribution in [1.82, 2.24) is 30.0 Å². The average molecular weight is 489 g/mol. The lowest BCUT2D eigenvalue weighted by molar-refractivity contribution is -0.0113. The number of nitrogens with one attached hydrogen (secondary N) is 3. The van der Waals surface area contributed by atoms with Crippen LogP contribution in [0.4, 0.5) is 5.82 Å². The van der Waals surface area contributed by atoms with Crippen molar-refractivity contribution in [3.8, 4) is 17.1 Å². The van der Waals surface area contributed by atoms with Crippen molar-refractivity contribution in [2.75, 3.05) is 19.5 Å². The van der Waals surface area contributed by atoms with Crippen LogP contribution in [0.5, 0.6) is 5.75 Å². The van der Waals surface area contributed by atoms with Crippen LogP contribution in [0.3, 0.4) is 0 Å². The molecule has 36 heavy (non-hydrogen) atoms. The molecular formula is C26H32N8O2. The number of H-pyrrole nitrogens is 1. The number of fused-ring (bicyclic) bond motifs is 2. The van der Waals surface area contributed by atoms with Crippen molar-refractivity contribution in [3.63, 3.8) is 0 Å². The van der Waals surface area contributed by atoms with E-state index >= 15 is 0 Å². The molecule has 1 aromatic carbocycles. The molecule has 0 bridgehead atoms. The van der Waals surface area contributed by atoms with Crippen LogP contribution >= 0.6 is 0 Å². The smallest absolute Gasteiger partial charge is 0.179 e. The molecule has 1 fully saturated rings. The number of ether oxygens (including phenoxy) is 1. The van der Waals surface area contributed by atoms with Gasteiger partial charge < -0.3 is 15.0 Å². The van der Waals surface area contributed by atoms with Crippen LogP contribution in [0.15, 0.2) is 35.6 Å². The number of amidine groups is 1. The Balaban J connectivity index is 1.33. The van der Waals surface area contributed by atoms with Gasteiger partial charge in [-0.05, 0) is 44.2 Å². The summed E-state index contributed by atoms with van der Waals surface area (Å²) in [5.74, 6) is 4.22. The Bertz CT molecular complexity index is 1420. The fourth-order valence-electron chi connectivity index (χ4n) is 5.57. The summed E-state index contributed by atoms with van der Waals surface area (Å²) in [5, 5.41) is 8.93. The van der Waals surface area contributed by atoms with Crippen LogP contribution in [-0.2, 0) is 4.84 Å². The maximum atomic E-state index is 5.79. The van der Waals surface area contributed by atoms with Crippen LogP contribution in [0, 0.1) is 5.92 Å². The first-order valence-corrected chi connectivity index (χ1v) is 12.8. The van der Waals surface area contributed by atoms with Crippen LogP contribution in [0.25, 0.3) is 27.8 Å². The van der Waals surface area contributed by atoms with Gasteiger partial charge in [0.15, 0.2) is 12.0 Å². The van der Waals surface area contributed by atoms with Gasteiger partial charge in [-0.3, -0.25) is 5.48 Å². The molecule has 10 nitrogen and oxygen atoms in total. The van der Waals surface area contributed by atoms with Crippen molar-refractivity contribution in [2.24, 2.45) is 10.9 Å². The normalized spacial score (nSPS) is 22.1. The van der Waals surface area contributed by atoms with Crippen LogP contribution in [-0.4, -0.2) is 50.8 Å². The molecule has 188 valence electrons. The number of aliphatic imine (C=N–C) groups is 1. The molecule has 0 spiro atoms. The summed E-state index contributed by atoms with van der Waals surface area (Å²) in [5.41, 5.74) is 6.61. The van der Waals surface area contributed by atoms with Gasteiger partial charge >= 0.3 is 0 Å². The number of hydrogen-bond acceptors (Lipinski definition) is 8. The zero-order valence-corrected chi connectivity index (χ0v) is 20.9. The molecular weight excluding hydrogens is 456 g/mol. The van der Waals surface area contributed by atoms with E-state index in [0.29, 0.717) is 11.8 Å². The second-order valence-electron chi connectivity index (χ2n) is 9.59. The largest absolute Gasteiger partial charge is 0.495 e. The lowest BCUT2D eigenvalue weighted by Gasteiger charge is -2.29. The van der Waals surface area contributed by atoms with Gasteiger partial charge in [0.25, 0.3) is 0 Å². The van der Waals surface area contributed by atoms with Gasteiger partial charge in [0.2, 0.25) is 0 Å². The molecule has 1 aliphatic heterocycles. The standard InChI is InChI=1S/C26H32N8O2/c1-4-6-20-31-26(36-33-20)16-11-9-15(10-12-16)25-32-22(23-24(27-2)28-14-29-34(23)25)18-13-17-7-5-8-19(35-3)21(17)30-18/h5,7-8,13-16,26,30H,4,6,9-12H2,1-3H3,(H,31,33)(H,27,28,29). The van der Waals surface area contributed by atoms with E-state index in [4.69, 9.17) is 19.6 Å². The predicted octanol–water partition coefficient (Wildman–Crippen LogP) is 4.66. The van der Waals surface area contributed by atoms with Gasteiger partial charge in [-0.15, -0.1) is 0 Å². The van der Waals surface area contributed by atoms with Gasteiger partial charge in [0.05, 0.1) is 18.3 Å². The number of benzene rings is 1. The molecule has 4 aromatic rings. The Hall–Kier alpha value is -3.66. The van der Waals surface area contributed by atoms with Crippen molar-refractivity contribution in [2.45, 2.75) is 57.6 Å². The van der Waals surface area contributed by atoms with E-state index < -0.39 is 0 Å². The first-order valence-electron chi connectivity index (χ1n) is 12.8. The number of rotatable bonds is 7. The van der Waals surface area contributed by atoms with Gasteiger partial charge in [0, 0.05) is 30.7 Å². The number of para-hydroxylation sites is 1. The molecule has 2 aliphatic rings. The van der Waals surface area contributed by atoms with E-state index in [0.717, 1.165) is 89.6 Å². The molecule has 10 heteroatoms. The number of aromatic amines is 1. The maximum absolute atomic E-state index is 5.79. The highest BCUT2D eigenvalue weighted by Crippen LogP contribution is 2.41. The highest BCUT2D eigenvalue weighted by Gasteiger charge is 2.34. The molecule has 1 atom stereocenters. The minimum atomic E-state index is -0.0837. The Morgan fingerprint density at radius 1 is 1.22 bits per heavy atom. The molecule has 1 saturated carbocycles. The highest BCUT2D eigenvalue weighted by atomic mass is 16.7. The lowest BCUT2D eigenvalue weighted by atomic mass is 9.81. The van der Waals surface area contributed by atoms with E-state index in [9.17, 15) is 0 Å². The Labute approximate surface area is 209 Å². The molecule has 3 aromatic heterocycles. The lowest BCUT2D eigenvalue weighted by Crippen LogP contribution is -2.27. The molecule has 0 saturated heterocycles. The predicted molar refractivity (Wildman–Crippen MR) is 139 cm³/mol. The summed E-state index contributed by atoms with van der Waals surface area (Å²) in [6, 6.07) is 8.14. The first kappa shape index (κ1) is 22.8. The number of aromatic nitrogens is 5. The van der Waals surface area contributed by atoms with Crippen molar-refractivity contribution in [1.29, 1.82) is 0 Å². The molecule has 0 amide bonds. The average Bonchev–Trinajstić information content (AvgIpc) is 3.65. The fraction of sp³-hybridized carbons (Fsp3) is 0.462. The van der Waals surface area contributed by atoms with Crippen molar-refractivity contribution in [3.05, 3.63) is 36.4 Å². The maximum Gasteiger partial charge on any atom is 0.179 e. The molecule has 3 N–H and O–H groups in total. The zero-order chi connectivity index (χ0) is 24.6. The van der Waals surface area contributed by atoms with E-state index in [1.807, 2.05) is 23.7 Å². The zero-order valence-electron chi connectivity index (χ0n) is 20.9. The number of hydrogen-bond donors (Lipinski definition) is 3. The van der Waals surface area contributed by atoms with E-state index in [1.54, 1.807) is 13.4 Å². The summed E-state index contributed by atoms with van der Waals surface area (Å²) < 4.78 is 7.53. The number of methoxy groups -OCH3 is 1. The SMILES string of the molecule is CCCC1=NC(C2CCC(c3nc(-c4cc5cccc(OC)c5[nH]4)c4c(NC)ncnn34)CC2)ON1. The minimum Gasteiger partial charge on any atom is -0.495 e. The van der Waals surface area contributed by atoms with E-state index in [-0.39, 0.29) is 6.23 Å². The molecule has 6 rings (SSSR count). The number of nitrogens with zero attached hydrogens (tertiary/aromatic N) is 5. The van der Waals surface area contributed by atoms with Gasteiger partial charge in [-0.1, -0.05) is 19.1 Å². The van der Waals surface area contributed by atoms with E-state index in [2.05, 4.69) is 44.9 Å². The monoisotopic (exact) mass is 488 g/mol. The topological polar surface area (TPSA) is 114 Å². The van der Waals surface area contributed by atoms with Crippen molar-refractivity contribution >= 4 is 28.1 Å². The highest BCUT2D eigenvalue weighted by molar-refractivity contribution is 5.94. The van der Waals surface area contributed by atoms with Crippen LogP contribution in [0.1, 0.15) is 57.2 Å². The quantitative estimate of drug-likeness (QED) is 0.347. The Morgan fingerprint density at radius 3 is 2.86 bits per heavy atom. The fourth-order valence-corrected chi connectivity index (χ4v) is 5.57. The van der Waals surface area contributed by atoms with Crippen LogP contribution in [0.2, 0.25) is 0 Å². The van der Waals surface area contributed by atoms with Gasteiger partial charge in [0.1, 0.15) is 34.9 Å². The van der Waals surface area contributed by atoms with Gasteiger partial charge in [-0.2, -0.15) is 5.10 Å². The number of anilines is 1. The molecule has 0 radical (unpaired) electrons. The summed E-state index contributed by atoms with van der Waals surface area (Å²) in [7, 11) is 3.56. The number of hydroxylamine groups is 1. The van der Waals surface area contributed by atoms with Gasteiger partial charge in [-0.25, -0.2) is 24.3 Å². The summed E-state index contributed by atoms with van der Waals surface area (Å²) in [4.78, 5) is 23.8. The Morgan fingerprint density at radius 2 is 2.08 bits per heavy atom. The van der Waals surface area contributed by atoms with E-state index in [1.165, 1.54) is 0 Å². The summed E-state index contributed by atoms with van der Waals surface area (Å²) in [6.45, 7) is 2.15. The third kappa shape index (κ3) is 3.85. The minimum absolute atomic E-state index is 0.0837. The van der Waals surface area contributed by atoms with Crippen molar-refractivity contribution < 1.29 is 9.57 Å². The third-order valence-electron chi connectivity index (χ3n) is 7.40. The van der Waals surface area contributed by atoms with Crippen LogP contribution < -0.4 is 15.5 Å². The second kappa shape index (κ2) is 9.42. The molecule has 1 aliphatic carbocycles. The summed E-state index contributed by atoms with van der Waals surface area (Å²) >= 11 is 0. The molecule has 1 unspecified atom stereocenters. The first-order chi connectivity index (χ1) is 17.7. The number of imidazole rings is 1. The Kier molecular flexibility index (Phi) is 5.96. The third-order valence-corrected chi connectivity index (χ3v) is 7.40. The summed E-state index contributed by atoms with van der Waals surface area (Å²) in [6.07, 6.45) is 7.61. The second-order valence-corrected chi connectivity index (χ2v) is 9.59.